The molecule has 2 atom stereocenters. The number of carbonyl (C=O) groups is 1. The molecule has 0 saturated heterocycles. The van der Waals surface area contributed by atoms with E-state index in [4.69, 9.17) is 0 Å². The summed E-state index contributed by atoms with van der Waals surface area (Å²) in [5.74, 6) is 1.84. The zero-order valence-electron chi connectivity index (χ0n) is 10.9. The summed E-state index contributed by atoms with van der Waals surface area (Å²) >= 11 is 4.36. The quantitative estimate of drug-likeness (QED) is 0.726. The molecular formula is C14H25NOS. The summed E-state index contributed by atoms with van der Waals surface area (Å²) in [4.78, 5) is 12.0. The van der Waals surface area contributed by atoms with Crippen LogP contribution in [0.25, 0.3) is 0 Å². The number of thiol groups is 1. The number of hydrogen-bond acceptors (Lipinski definition) is 2. The Morgan fingerprint density at radius 3 is 2.65 bits per heavy atom. The highest BCUT2D eigenvalue weighted by Crippen LogP contribution is 2.49. The lowest BCUT2D eigenvalue weighted by Gasteiger charge is -2.32. The van der Waals surface area contributed by atoms with Crippen LogP contribution < -0.4 is 5.32 Å². The van der Waals surface area contributed by atoms with Crippen molar-refractivity contribution in [1.29, 1.82) is 0 Å². The van der Waals surface area contributed by atoms with E-state index in [0.29, 0.717) is 18.4 Å². The second-order valence-electron chi connectivity index (χ2n) is 5.96. The summed E-state index contributed by atoms with van der Waals surface area (Å²) in [6.45, 7) is 2.24. The number of amides is 1. The lowest BCUT2D eigenvalue weighted by molar-refractivity contribution is -0.123. The summed E-state index contributed by atoms with van der Waals surface area (Å²) in [7, 11) is 0. The molecule has 2 nitrogen and oxygen atoms in total. The highest BCUT2D eigenvalue weighted by Gasteiger charge is 2.43. The Kier molecular flexibility index (Phi) is 4.40. The summed E-state index contributed by atoms with van der Waals surface area (Å²) in [5, 5.41) is 3.28. The van der Waals surface area contributed by atoms with Gasteiger partial charge in [-0.3, -0.25) is 4.79 Å². The highest BCUT2D eigenvalue weighted by atomic mass is 32.1. The Morgan fingerprint density at radius 1 is 1.35 bits per heavy atom. The maximum atomic E-state index is 12.0. The first-order chi connectivity index (χ1) is 8.19. The fraction of sp³-hybridized carbons (Fsp3) is 0.929. The molecule has 0 aliphatic heterocycles. The monoisotopic (exact) mass is 255 g/mol. The van der Waals surface area contributed by atoms with Crippen molar-refractivity contribution in [2.45, 2.75) is 64.3 Å². The minimum atomic E-state index is 0.254. The van der Waals surface area contributed by atoms with Gasteiger partial charge in [-0.1, -0.05) is 26.2 Å². The van der Waals surface area contributed by atoms with Gasteiger partial charge in [0.25, 0.3) is 0 Å². The van der Waals surface area contributed by atoms with Crippen molar-refractivity contribution < 1.29 is 4.79 Å². The van der Waals surface area contributed by atoms with Crippen LogP contribution in [-0.2, 0) is 4.79 Å². The Bertz CT molecular complexity index is 275. The molecule has 0 bridgehead atoms. The third-order valence-electron chi connectivity index (χ3n) is 4.61. The van der Waals surface area contributed by atoms with Crippen molar-refractivity contribution >= 4 is 18.5 Å². The topological polar surface area (TPSA) is 29.1 Å². The Hall–Kier alpha value is -0.180. The molecule has 98 valence electrons. The molecule has 2 saturated carbocycles. The van der Waals surface area contributed by atoms with Crippen LogP contribution in [0.15, 0.2) is 0 Å². The smallest absolute Gasteiger partial charge is 0.220 e. The van der Waals surface area contributed by atoms with Crippen molar-refractivity contribution in [2.75, 3.05) is 5.75 Å². The van der Waals surface area contributed by atoms with E-state index in [1.54, 1.807) is 0 Å². The van der Waals surface area contributed by atoms with Crippen LogP contribution in [-0.4, -0.2) is 17.7 Å². The molecule has 0 aromatic carbocycles. The molecule has 0 heterocycles. The van der Waals surface area contributed by atoms with Crippen LogP contribution in [0.1, 0.15) is 58.3 Å². The largest absolute Gasteiger partial charge is 0.353 e. The number of carbonyl (C=O) groups excluding carboxylic acids is 1. The maximum Gasteiger partial charge on any atom is 0.220 e. The van der Waals surface area contributed by atoms with Crippen LogP contribution in [0.5, 0.6) is 0 Å². The SMILES string of the molecule is CCC1CCCCC1NC(=O)CC1(CS)CC1. The lowest BCUT2D eigenvalue weighted by atomic mass is 9.82. The van der Waals surface area contributed by atoms with Gasteiger partial charge >= 0.3 is 0 Å². The average Bonchev–Trinajstić information content (AvgIpc) is 3.10. The second kappa shape index (κ2) is 5.64. The first-order valence-electron chi connectivity index (χ1n) is 7.09. The van der Waals surface area contributed by atoms with Crippen molar-refractivity contribution in [3.05, 3.63) is 0 Å². The van der Waals surface area contributed by atoms with Crippen molar-refractivity contribution in [3.63, 3.8) is 0 Å². The molecule has 1 N–H and O–H groups in total. The van der Waals surface area contributed by atoms with Gasteiger partial charge in [0, 0.05) is 12.5 Å². The van der Waals surface area contributed by atoms with Crippen molar-refractivity contribution in [1.82, 2.24) is 5.32 Å². The molecule has 0 radical (unpaired) electrons. The maximum absolute atomic E-state index is 12.0. The molecular weight excluding hydrogens is 230 g/mol. The fourth-order valence-corrected chi connectivity index (χ4v) is 3.48. The van der Waals surface area contributed by atoms with Crippen molar-refractivity contribution in [2.24, 2.45) is 11.3 Å². The molecule has 2 rings (SSSR count). The predicted octanol–water partition coefficient (Wildman–Crippen LogP) is 3.17. The molecule has 3 heteroatoms. The summed E-state index contributed by atoms with van der Waals surface area (Å²) in [6, 6.07) is 0.442. The standard InChI is InChI=1S/C14H25NOS/c1-2-11-5-3-4-6-12(11)15-13(16)9-14(10-17)7-8-14/h11-12,17H,2-10H2,1H3,(H,15,16). The molecule has 2 aliphatic rings. The summed E-state index contributed by atoms with van der Waals surface area (Å²) in [5.41, 5.74) is 0.254. The summed E-state index contributed by atoms with van der Waals surface area (Å²) < 4.78 is 0. The molecule has 1 amide bonds. The van der Waals surface area contributed by atoms with E-state index < -0.39 is 0 Å². The minimum absolute atomic E-state index is 0.254. The Balaban J connectivity index is 1.80. The molecule has 17 heavy (non-hydrogen) atoms. The van der Waals surface area contributed by atoms with E-state index in [1.807, 2.05) is 0 Å². The van der Waals surface area contributed by atoms with E-state index in [2.05, 4.69) is 24.9 Å². The van der Waals surface area contributed by atoms with Gasteiger partial charge in [0.05, 0.1) is 0 Å². The van der Waals surface area contributed by atoms with Gasteiger partial charge in [0.1, 0.15) is 0 Å². The number of rotatable bonds is 5. The van der Waals surface area contributed by atoms with Gasteiger partial charge < -0.3 is 5.32 Å². The third kappa shape index (κ3) is 3.40. The first-order valence-corrected chi connectivity index (χ1v) is 7.72. The molecule has 0 aromatic rings. The van der Waals surface area contributed by atoms with Gasteiger partial charge in [-0.25, -0.2) is 0 Å². The predicted molar refractivity (Wildman–Crippen MR) is 74.3 cm³/mol. The van der Waals surface area contributed by atoms with Gasteiger partial charge in [0.2, 0.25) is 5.91 Å². The van der Waals surface area contributed by atoms with E-state index in [9.17, 15) is 4.79 Å². The molecule has 2 unspecified atom stereocenters. The first kappa shape index (κ1) is 13.3. The van der Waals surface area contributed by atoms with E-state index in [1.165, 1.54) is 44.9 Å². The fourth-order valence-electron chi connectivity index (χ4n) is 3.05. The summed E-state index contributed by atoms with van der Waals surface area (Å²) in [6.07, 6.45) is 9.35. The molecule has 2 aliphatic carbocycles. The zero-order valence-corrected chi connectivity index (χ0v) is 11.8. The average molecular weight is 255 g/mol. The van der Waals surface area contributed by atoms with Crippen LogP contribution in [0.4, 0.5) is 0 Å². The van der Waals surface area contributed by atoms with Crippen LogP contribution >= 0.6 is 12.6 Å². The van der Waals surface area contributed by atoms with Crippen molar-refractivity contribution in [3.8, 4) is 0 Å². The van der Waals surface area contributed by atoms with Gasteiger partial charge in [-0.15, -0.1) is 0 Å². The van der Waals surface area contributed by atoms with Gasteiger partial charge in [-0.2, -0.15) is 12.6 Å². The Labute approximate surface area is 110 Å². The Morgan fingerprint density at radius 2 is 2.06 bits per heavy atom. The second-order valence-corrected chi connectivity index (χ2v) is 6.28. The van der Waals surface area contributed by atoms with Crippen LogP contribution in [0.3, 0.4) is 0 Å². The molecule has 0 aromatic heterocycles. The van der Waals surface area contributed by atoms with E-state index in [-0.39, 0.29) is 11.3 Å². The number of nitrogens with one attached hydrogen (secondary N) is 1. The van der Waals surface area contributed by atoms with Crippen LogP contribution in [0, 0.1) is 11.3 Å². The minimum Gasteiger partial charge on any atom is -0.353 e. The number of hydrogen-bond donors (Lipinski definition) is 2. The van der Waals surface area contributed by atoms with Crippen LogP contribution in [0.2, 0.25) is 0 Å². The highest BCUT2D eigenvalue weighted by molar-refractivity contribution is 7.80. The normalized spacial score (nSPS) is 30.9. The van der Waals surface area contributed by atoms with Gasteiger partial charge in [0.15, 0.2) is 0 Å². The van der Waals surface area contributed by atoms with E-state index in [0.717, 1.165) is 5.75 Å². The van der Waals surface area contributed by atoms with E-state index >= 15 is 0 Å². The zero-order chi connectivity index (χ0) is 12.3. The molecule has 2 fully saturated rings. The van der Waals surface area contributed by atoms with Gasteiger partial charge in [-0.05, 0) is 42.8 Å². The lowest BCUT2D eigenvalue weighted by Crippen LogP contribution is -2.42. The molecule has 0 spiro atoms. The third-order valence-corrected chi connectivity index (χ3v) is 5.28.